The van der Waals surface area contributed by atoms with Crippen molar-refractivity contribution in [2.45, 2.75) is 34.1 Å². The van der Waals surface area contributed by atoms with Crippen molar-refractivity contribution in [2.24, 2.45) is 10.8 Å². The fourth-order valence-corrected chi connectivity index (χ4v) is 2.32. The normalized spacial score (nSPS) is 12.7. The summed E-state index contributed by atoms with van der Waals surface area (Å²) in [6.45, 7) is 8.83. The first kappa shape index (κ1) is 14.8. The van der Waals surface area contributed by atoms with E-state index in [0.717, 1.165) is 6.42 Å². The monoisotopic (exact) mass is 233 g/mol. The Morgan fingerprint density at radius 2 is 1.87 bits per heavy atom. The minimum atomic E-state index is -0.347. The number of carbonyl (C=O) groups is 1. The van der Waals surface area contributed by atoms with Crippen LogP contribution in [0, 0.1) is 10.8 Å². The molecule has 0 aromatic carbocycles. The maximum absolute atomic E-state index is 11.6. The van der Waals surface area contributed by atoms with Crippen molar-refractivity contribution in [3.63, 3.8) is 0 Å². The third kappa shape index (κ3) is 5.42. The first-order valence-corrected chi connectivity index (χ1v) is 6.28. The molecule has 0 heterocycles. The van der Waals surface area contributed by atoms with E-state index >= 15 is 0 Å². The Balaban J connectivity index is 4.35. The van der Waals surface area contributed by atoms with E-state index < -0.39 is 0 Å². The Kier molecular flexibility index (Phi) is 5.67. The maximum Gasteiger partial charge on any atom is 0.225 e. The Morgan fingerprint density at radius 3 is 2.27 bits per heavy atom. The third-order valence-electron chi connectivity index (χ3n) is 2.33. The lowest BCUT2D eigenvalue weighted by Crippen LogP contribution is -2.38. The lowest BCUT2D eigenvalue weighted by atomic mass is 9.75. The van der Waals surface area contributed by atoms with Gasteiger partial charge >= 0.3 is 0 Å². The molecule has 0 aliphatic carbocycles. The summed E-state index contributed by atoms with van der Waals surface area (Å²) in [7, 11) is 1.68. The lowest BCUT2D eigenvalue weighted by Gasteiger charge is -2.33. The quantitative estimate of drug-likeness (QED) is 0.716. The average molecular weight is 233 g/mol. The highest BCUT2D eigenvalue weighted by molar-refractivity contribution is 7.93. The van der Waals surface area contributed by atoms with Gasteiger partial charge in [-0.2, -0.15) is 0 Å². The van der Waals surface area contributed by atoms with E-state index in [0.29, 0.717) is 6.61 Å². The highest BCUT2D eigenvalue weighted by atomic mass is 32.2. The molecule has 1 N–H and O–H groups in total. The molecule has 0 aliphatic rings. The molecule has 0 bridgehead atoms. The zero-order valence-electron chi connectivity index (χ0n) is 10.6. The number of hydrogen-bond donors (Lipinski definition) is 1. The standard InChI is InChI=1S/C11H23NO2S/c1-10(2,8-14-15-6)7-11(3,4)9(13)12-5/h7-8H2,1-6H3,(H,12,13). The van der Waals surface area contributed by atoms with Gasteiger partial charge in [-0.3, -0.25) is 4.79 Å². The molecule has 0 aliphatic heterocycles. The Labute approximate surface area is 97.5 Å². The predicted octanol–water partition coefficient (Wildman–Crippen LogP) is 2.47. The van der Waals surface area contributed by atoms with E-state index in [4.69, 9.17) is 4.18 Å². The molecular weight excluding hydrogens is 210 g/mol. The van der Waals surface area contributed by atoms with Gasteiger partial charge in [0.2, 0.25) is 5.91 Å². The van der Waals surface area contributed by atoms with E-state index in [2.05, 4.69) is 19.2 Å². The van der Waals surface area contributed by atoms with E-state index in [1.54, 1.807) is 7.05 Å². The van der Waals surface area contributed by atoms with Crippen LogP contribution in [0.1, 0.15) is 34.1 Å². The van der Waals surface area contributed by atoms with E-state index in [-0.39, 0.29) is 16.7 Å². The predicted molar refractivity (Wildman–Crippen MR) is 65.7 cm³/mol. The van der Waals surface area contributed by atoms with Gasteiger partial charge in [-0.25, -0.2) is 0 Å². The molecule has 0 unspecified atom stereocenters. The molecule has 0 atom stereocenters. The highest BCUT2D eigenvalue weighted by Crippen LogP contribution is 2.34. The number of hydrogen-bond acceptors (Lipinski definition) is 3. The van der Waals surface area contributed by atoms with Crippen molar-refractivity contribution < 1.29 is 8.98 Å². The van der Waals surface area contributed by atoms with E-state index in [1.807, 2.05) is 20.1 Å². The van der Waals surface area contributed by atoms with Crippen LogP contribution in [-0.4, -0.2) is 25.8 Å². The van der Waals surface area contributed by atoms with Crippen LogP contribution in [0.2, 0.25) is 0 Å². The van der Waals surface area contributed by atoms with E-state index in [1.165, 1.54) is 12.0 Å². The average Bonchev–Trinajstić information content (AvgIpc) is 2.11. The van der Waals surface area contributed by atoms with Crippen molar-refractivity contribution in [3.8, 4) is 0 Å². The number of amides is 1. The van der Waals surface area contributed by atoms with Crippen molar-refractivity contribution in [1.29, 1.82) is 0 Å². The molecule has 15 heavy (non-hydrogen) atoms. The van der Waals surface area contributed by atoms with Gasteiger partial charge in [0, 0.05) is 18.7 Å². The molecule has 0 spiro atoms. The van der Waals surface area contributed by atoms with Gasteiger partial charge < -0.3 is 9.50 Å². The molecular formula is C11H23NO2S. The van der Waals surface area contributed by atoms with Crippen LogP contribution in [0.15, 0.2) is 0 Å². The molecule has 0 rings (SSSR count). The summed E-state index contributed by atoms with van der Waals surface area (Å²) in [5.74, 6) is 0.0831. The van der Waals surface area contributed by atoms with Crippen LogP contribution in [0.4, 0.5) is 0 Å². The molecule has 0 saturated heterocycles. The van der Waals surface area contributed by atoms with Gasteiger partial charge in [0.15, 0.2) is 0 Å². The van der Waals surface area contributed by atoms with Gasteiger partial charge in [-0.15, -0.1) is 0 Å². The third-order valence-corrected chi connectivity index (χ3v) is 2.68. The highest BCUT2D eigenvalue weighted by Gasteiger charge is 2.34. The molecule has 1 amide bonds. The molecule has 3 nitrogen and oxygen atoms in total. The minimum absolute atomic E-state index is 0.0129. The second kappa shape index (κ2) is 5.75. The second-order valence-electron chi connectivity index (χ2n) is 5.23. The second-order valence-corrected chi connectivity index (χ2v) is 5.80. The molecule has 90 valence electrons. The molecule has 0 aromatic rings. The van der Waals surface area contributed by atoms with Crippen LogP contribution in [-0.2, 0) is 8.98 Å². The largest absolute Gasteiger partial charge is 0.359 e. The first-order valence-electron chi connectivity index (χ1n) is 5.13. The number of carbonyl (C=O) groups excluding carboxylic acids is 1. The van der Waals surface area contributed by atoms with Gasteiger partial charge in [0.05, 0.1) is 6.61 Å². The minimum Gasteiger partial charge on any atom is -0.359 e. The van der Waals surface area contributed by atoms with Crippen LogP contribution >= 0.6 is 12.0 Å². The molecule has 0 fully saturated rings. The number of rotatable bonds is 6. The molecule has 0 aromatic heterocycles. The van der Waals surface area contributed by atoms with Gasteiger partial charge in [-0.1, -0.05) is 27.7 Å². The van der Waals surface area contributed by atoms with Crippen LogP contribution < -0.4 is 5.32 Å². The summed E-state index contributed by atoms with van der Waals surface area (Å²) in [5.41, 5.74) is -0.334. The van der Waals surface area contributed by atoms with Crippen LogP contribution in [0.3, 0.4) is 0 Å². The Morgan fingerprint density at radius 1 is 1.33 bits per heavy atom. The summed E-state index contributed by atoms with van der Waals surface area (Å²) in [6, 6.07) is 0. The smallest absolute Gasteiger partial charge is 0.225 e. The first-order chi connectivity index (χ1) is 6.75. The van der Waals surface area contributed by atoms with E-state index in [9.17, 15) is 4.79 Å². The van der Waals surface area contributed by atoms with Gasteiger partial charge in [-0.05, 0) is 23.9 Å². The summed E-state index contributed by atoms with van der Waals surface area (Å²) in [6.07, 6.45) is 2.71. The zero-order chi connectivity index (χ0) is 12.1. The van der Waals surface area contributed by atoms with Gasteiger partial charge in [0.1, 0.15) is 0 Å². The summed E-state index contributed by atoms with van der Waals surface area (Å²) in [5, 5.41) is 2.70. The van der Waals surface area contributed by atoms with Crippen molar-refractivity contribution in [3.05, 3.63) is 0 Å². The van der Waals surface area contributed by atoms with Crippen LogP contribution in [0.25, 0.3) is 0 Å². The summed E-state index contributed by atoms with van der Waals surface area (Å²) >= 11 is 1.37. The lowest BCUT2D eigenvalue weighted by molar-refractivity contribution is -0.130. The van der Waals surface area contributed by atoms with Gasteiger partial charge in [0.25, 0.3) is 0 Å². The molecule has 0 saturated carbocycles. The van der Waals surface area contributed by atoms with Crippen molar-refractivity contribution in [2.75, 3.05) is 19.9 Å². The van der Waals surface area contributed by atoms with Crippen LogP contribution in [0.5, 0.6) is 0 Å². The van der Waals surface area contributed by atoms with Crippen molar-refractivity contribution >= 4 is 17.9 Å². The fourth-order valence-electron chi connectivity index (χ4n) is 1.88. The molecule has 0 radical (unpaired) electrons. The zero-order valence-corrected chi connectivity index (χ0v) is 11.5. The molecule has 4 heteroatoms. The maximum atomic E-state index is 11.6. The SMILES string of the molecule is CNC(=O)C(C)(C)CC(C)(C)COSC. The van der Waals surface area contributed by atoms with Crippen molar-refractivity contribution in [1.82, 2.24) is 5.32 Å². The number of nitrogens with one attached hydrogen (secondary N) is 1. The Bertz CT molecular complexity index is 215. The Hall–Kier alpha value is -0.220. The fraction of sp³-hybridized carbons (Fsp3) is 0.909. The summed E-state index contributed by atoms with van der Waals surface area (Å²) < 4.78 is 5.34. The topological polar surface area (TPSA) is 38.3 Å². The summed E-state index contributed by atoms with van der Waals surface area (Å²) in [4.78, 5) is 11.6.